The van der Waals surface area contributed by atoms with Crippen molar-refractivity contribution >= 4 is 12.6 Å². The molecule has 0 radical (unpaired) electrons. The summed E-state index contributed by atoms with van der Waals surface area (Å²) in [5.74, 6) is 1.21. The minimum atomic E-state index is -1.48. The summed E-state index contributed by atoms with van der Waals surface area (Å²) in [6.07, 6.45) is 5.05. The third kappa shape index (κ3) is 2.53. The Labute approximate surface area is 88.7 Å². The van der Waals surface area contributed by atoms with Gasteiger partial charge >= 0.3 is 7.12 Å². The maximum atomic E-state index is 8.89. The molecule has 1 aromatic rings. The van der Waals surface area contributed by atoms with E-state index in [1.807, 2.05) is 0 Å². The number of hydrogen-bond acceptors (Lipinski definition) is 5. The summed E-state index contributed by atoms with van der Waals surface area (Å²) in [6, 6.07) is 0. The molecule has 6 heteroatoms. The molecule has 2 rings (SSSR count). The van der Waals surface area contributed by atoms with Crippen LogP contribution in [0.5, 0.6) is 0 Å². The van der Waals surface area contributed by atoms with Gasteiger partial charge in [0.05, 0.1) is 0 Å². The van der Waals surface area contributed by atoms with Crippen LogP contribution in [0.4, 0.5) is 0 Å². The Morgan fingerprint density at radius 1 is 1.20 bits per heavy atom. The number of piperidine rings is 1. The fraction of sp³-hybridized carbons (Fsp3) is 0.556. The standard InChI is InChI=1S/C9H14BN3O2/c14-10(15)8-5-12-9(13-6-8)7-1-3-11-4-2-7/h5-7,11,14-15H,1-4H2. The molecule has 1 saturated heterocycles. The Morgan fingerprint density at radius 2 is 1.80 bits per heavy atom. The van der Waals surface area contributed by atoms with Crippen LogP contribution in [-0.4, -0.2) is 40.2 Å². The zero-order valence-corrected chi connectivity index (χ0v) is 8.43. The smallest absolute Gasteiger partial charge is 0.423 e. The van der Waals surface area contributed by atoms with E-state index in [9.17, 15) is 0 Å². The lowest BCUT2D eigenvalue weighted by atomic mass is 9.83. The zero-order chi connectivity index (χ0) is 10.7. The van der Waals surface area contributed by atoms with Crippen molar-refractivity contribution in [3.63, 3.8) is 0 Å². The molecule has 2 heterocycles. The zero-order valence-electron chi connectivity index (χ0n) is 8.43. The number of rotatable bonds is 2. The number of aromatic nitrogens is 2. The van der Waals surface area contributed by atoms with Gasteiger partial charge in [0.2, 0.25) is 0 Å². The molecule has 1 aliphatic heterocycles. The second-order valence-electron chi connectivity index (χ2n) is 3.77. The summed E-state index contributed by atoms with van der Waals surface area (Å²) < 4.78 is 0. The topological polar surface area (TPSA) is 78.3 Å². The molecule has 0 saturated carbocycles. The van der Waals surface area contributed by atoms with E-state index in [0.29, 0.717) is 11.4 Å². The maximum Gasteiger partial charge on any atom is 0.491 e. The van der Waals surface area contributed by atoms with E-state index in [1.165, 1.54) is 12.4 Å². The van der Waals surface area contributed by atoms with Crippen molar-refractivity contribution in [1.29, 1.82) is 0 Å². The average Bonchev–Trinajstić information content (AvgIpc) is 2.30. The van der Waals surface area contributed by atoms with Crippen molar-refractivity contribution in [3.8, 4) is 0 Å². The van der Waals surface area contributed by atoms with E-state index < -0.39 is 7.12 Å². The van der Waals surface area contributed by atoms with Crippen molar-refractivity contribution in [2.45, 2.75) is 18.8 Å². The summed E-state index contributed by atoms with van der Waals surface area (Å²) >= 11 is 0. The molecule has 1 fully saturated rings. The first-order chi connectivity index (χ1) is 7.27. The highest BCUT2D eigenvalue weighted by atomic mass is 16.4. The highest BCUT2D eigenvalue weighted by Crippen LogP contribution is 2.20. The van der Waals surface area contributed by atoms with Crippen LogP contribution in [0.1, 0.15) is 24.6 Å². The fourth-order valence-corrected chi connectivity index (χ4v) is 1.77. The van der Waals surface area contributed by atoms with E-state index in [-0.39, 0.29) is 0 Å². The van der Waals surface area contributed by atoms with Gasteiger partial charge in [-0.3, -0.25) is 0 Å². The van der Waals surface area contributed by atoms with E-state index in [4.69, 9.17) is 10.0 Å². The minimum absolute atomic E-state index is 0.340. The predicted molar refractivity (Wildman–Crippen MR) is 56.7 cm³/mol. The molecule has 80 valence electrons. The fourth-order valence-electron chi connectivity index (χ4n) is 1.77. The van der Waals surface area contributed by atoms with Crippen LogP contribution in [0.2, 0.25) is 0 Å². The van der Waals surface area contributed by atoms with Gasteiger partial charge in [0.25, 0.3) is 0 Å². The largest absolute Gasteiger partial charge is 0.491 e. The third-order valence-corrected chi connectivity index (χ3v) is 2.69. The first kappa shape index (κ1) is 10.5. The van der Waals surface area contributed by atoms with Crippen molar-refractivity contribution in [1.82, 2.24) is 15.3 Å². The quantitative estimate of drug-likeness (QED) is 0.521. The van der Waals surface area contributed by atoms with E-state index >= 15 is 0 Å². The Hall–Kier alpha value is -0.975. The molecule has 0 aliphatic carbocycles. The summed E-state index contributed by atoms with van der Waals surface area (Å²) in [5, 5.41) is 21.1. The first-order valence-corrected chi connectivity index (χ1v) is 5.16. The molecule has 0 spiro atoms. The molecule has 5 nitrogen and oxygen atoms in total. The van der Waals surface area contributed by atoms with Crippen LogP contribution < -0.4 is 10.8 Å². The van der Waals surface area contributed by atoms with Crippen LogP contribution in [0.15, 0.2) is 12.4 Å². The molecule has 1 aromatic heterocycles. The molecule has 3 N–H and O–H groups in total. The second-order valence-corrected chi connectivity index (χ2v) is 3.77. The maximum absolute atomic E-state index is 8.89. The molecular weight excluding hydrogens is 193 g/mol. The molecular formula is C9H14BN3O2. The van der Waals surface area contributed by atoms with Crippen LogP contribution >= 0.6 is 0 Å². The van der Waals surface area contributed by atoms with Crippen molar-refractivity contribution in [3.05, 3.63) is 18.2 Å². The molecule has 0 atom stereocenters. The summed E-state index contributed by atoms with van der Waals surface area (Å²) in [5.41, 5.74) is 0.340. The summed E-state index contributed by atoms with van der Waals surface area (Å²) in [7, 11) is -1.48. The molecule has 0 unspecified atom stereocenters. The predicted octanol–water partition coefficient (Wildman–Crippen LogP) is -1.38. The molecule has 1 aliphatic rings. The van der Waals surface area contributed by atoms with Crippen LogP contribution in [0.3, 0.4) is 0 Å². The lowest BCUT2D eigenvalue weighted by Gasteiger charge is -2.21. The average molecular weight is 207 g/mol. The van der Waals surface area contributed by atoms with Crippen molar-refractivity contribution in [2.75, 3.05) is 13.1 Å². The Bertz CT molecular complexity index is 312. The minimum Gasteiger partial charge on any atom is -0.423 e. The highest BCUT2D eigenvalue weighted by molar-refractivity contribution is 6.58. The Balaban J connectivity index is 2.08. The SMILES string of the molecule is OB(O)c1cnc(C2CCNCC2)nc1. The lowest BCUT2D eigenvalue weighted by Crippen LogP contribution is -2.32. The Morgan fingerprint density at radius 3 is 2.33 bits per heavy atom. The molecule has 0 aromatic carbocycles. The van der Waals surface area contributed by atoms with Crippen molar-refractivity contribution < 1.29 is 10.0 Å². The van der Waals surface area contributed by atoms with Gasteiger partial charge in [-0.15, -0.1) is 0 Å². The van der Waals surface area contributed by atoms with Crippen LogP contribution in [-0.2, 0) is 0 Å². The van der Waals surface area contributed by atoms with Crippen LogP contribution in [0, 0.1) is 0 Å². The van der Waals surface area contributed by atoms with Gasteiger partial charge in [0, 0.05) is 23.8 Å². The van der Waals surface area contributed by atoms with E-state index in [2.05, 4.69) is 15.3 Å². The summed E-state index contributed by atoms with van der Waals surface area (Å²) in [4.78, 5) is 8.33. The van der Waals surface area contributed by atoms with Gasteiger partial charge in [-0.25, -0.2) is 9.97 Å². The van der Waals surface area contributed by atoms with E-state index in [1.54, 1.807) is 0 Å². The van der Waals surface area contributed by atoms with Crippen molar-refractivity contribution in [2.24, 2.45) is 0 Å². The van der Waals surface area contributed by atoms with Gasteiger partial charge < -0.3 is 15.4 Å². The van der Waals surface area contributed by atoms with Gasteiger partial charge in [-0.2, -0.15) is 0 Å². The molecule has 0 bridgehead atoms. The van der Waals surface area contributed by atoms with Gasteiger partial charge in [-0.1, -0.05) is 0 Å². The highest BCUT2D eigenvalue weighted by Gasteiger charge is 2.19. The third-order valence-electron chi connectivity index (χ3n) is 2.69. The monoisotopic (exact) mass is 207 g/mol. The van der Waals surface area contributed by atoms with Gasteiger partial charge in [0.15, 0.2) is 0 Å². The number of nitrogens with one attached hydrogen (secondary N) is 1. The lowest BCUT2D eigenvalue weighted by molar-refractivity contribution is 0.424. The first-order valence-electron chi connectivity index (χ1n) is 5.16. The van der Waals surface area contributed by atoms with Gasteiger partial charge in [0.1, 0.15) is 5.82 Å². The second kappa shape index (κ2) is 4.70. The van der Waals surface area contributed by atoms with E-state index in [0.717, 1.165) is 31.8 Å². The number of nitrogens with zero attached hydrogens (tertiary/aromatic N) is 2. The van der Waals surface area contributed by atoms with Gasteiger partial charge in [-0.05, 0) is 25.9 Å². The number of hydrogen-bond donors (Lipinski definition) is 3. The Kier molecular flexibility index (Phi) is 3.30. The summed E-state index contributed by atoms with van der Waals surface area (Å²) in [6.45, 7) is 2.00. The molecule has 15 heavy (non-hydrogen) atoms. The normalized spacial score (nSPS) is 17.7. The van der Waals surface area contributed by atoms with Crippen LogP contribution in [0.25, 0.3) is 0 Å². The molecule has 0 amide bonds.